The second-order valence-electron chi connectivity index (χ2n) is 7.47. The molecule has 0 N–H and O–H groups in total. The van der Waals surface area contributed by atoms with Crippen LogP contribution in [0.25, 0.3) is 11.3 Å². The minimum atomic E-state index is 0.0814. The molecule has 1 aromatic heterocycles. The highest BCUT2D eigenvalue weighted by molar-refractivity contribution is 6.01. The zero-order chi connectivity index (χ0) is 19.6. The molecule has 5 rings (SSSR count). The topological polar surface area (TPSA) is 45.7 Å². The minimum Gasteiger partial charge on any atom is -0.378 e. The fraction of sp³-hybridized carbons (Fsp3) is 0.250. The van der Waals surface area contributed by atoms with Crippen molar-refractivity contribution in [2.24, 2.45) is 0 Å². The van der Waals surface area contributed by atoms with Crippen molar-refractivity contribution in [1.82, 2.24) is 9.88 Å². The maximum Gasteiger partial charge on any atom is 0.255 e. The third-order valence-corrected chi connectivity index (χ3v) is 5.58. The molecule has 0 bridgehead atoms. The molecule has 3 heterocycles. The van der Waals surface area contributed by atoms with Crippen molar-refractivity contribution in [3.05, 3.63) is 83.4 Å². The third-order valence-electron chi connectivity index (χ3n) is 5.58. The number of morpholine rings is 1. The van der Waals surface area contributed by atoms with Crippen molar-refractivity contribution < 1.29 is 9.53 Å². The summed E-state index contributed by atoms with van der Waals surface area (Å²) in [5.74, 6) is 0.943. The first-order valence-corrected chi connectivity index (χ1v) is 10.0. The number of hydrogen-bond donors (Lipinski definition) is 0. The summed E-state index contributed by atoms with van der Waals surface area (Å²) in [5, 5.41) is 0. The van der Waals surface area contributed by atoms with Gasteiger partial charge in [0.2, 0.25) is 0 Å². The highest BCUT2D eigenvalue weighted by atomic mass is 16.5. The quantitative estimate of drug-likeness (QED) is 0.686. The number of amides is 1. The summed E-state index contributed by atoms with van der Waals surface area (Å²) in [6.45, 7) is 4.16. The van der Waals surface area contributed by atoms with E-state index in [4.69, 9.17) is 9.72 Å². The van der Waals surface area contributed by atoms with E-state index < -0.39 is 0 Å². The van der Waals surface area contributed by atoms with Gasteiger partial charge in [0.15, 0.2) is 0 Å². The summed E-state index contributed by atoms with van der Waals surface area (Å²) >= 11 is 0. The standard InChI is InChI=1S/C24H23N3O2/c28-24-20-15-22(26-11-13-29-14-12-26)25-23(19-9-5-2-6-10-19)21(20)17-27(24)16-18-7-3-1-4-8-18/h1-10,15H,11-14,16-17H2. The Kier molecular flexibility index (Phi) is 4.74. The molecule has 0 aliphatic carbocycles. The zero-order valence-electron chi connectivity index (χ0n) is 16.3. The Bertz CT molecular complexity index is 1020. The minimum absolute atomic E-state index is 0.0814. The number of carbonyl (C=O) groups is 1. The van der Waals surface area contributed by atoms with E-state index in [0.717, 1.165) is 46.9 Å². The monoisotopic (exact) mass is 385 g/mol. The van der Waals surface area contributed by atoms with Gasteiger partial charge in [0.05, 0.1) is 24.5 Å². The van der Waals surface area contributed by atoms with Crippen LogP contribution >= 0.6 is 0 Å². The summed E-state index contributed by atoms with van der Waals surface area (Å²) in [4.78, 5) is 22.4. The lowest BCUT2D eigenvalue weighted by Crippen LogP contribution is -2.37. The Morgan fingerprint density at radius 2 is 1.62 bits per heavy atom. The fourth-order valence-electron chi connectivity index (χ4n) is 4.06. The van der Waals surface area contributed by atoms with Crippen molar-refractivity contribution in [3.63, 3.8) is 0 Å². The van der Waals surface area contributed by atoms with Crippen LogP contribution in [0.4, 0.5) is 5.82 Å². The first kappa shape index (κ1) is 17.9. The molecule has 0 spiro atoms. The van der Waals surface area contributed by atoms with Gasteiger partial charge in [-0.3, -0.25) is 4.79 Å². The van der Waals surface area contributed by atoms with Gasteiger partial charge in [-0.25, -0.2) is 4.98 Å². The summed E-state index contributed by atoms with van der Waals surface area (Å²) in [6, 6.07) is 22.3. The van der Waals surface area contributed by atoms with E-state index in [0.29, 0.717) is 26.3 Å². The number of carbonyl (C=O) groups excluding carboxylic acids is 1. The molecule has 1 fully saturated rings. The molecule has 146 valence electrons. The SMILES string of the molecule is O=C1c2cc(N3CCOCC3)nc(-c3ccccc3)c2CN1Cc1ccccc1. The van der Waals surface area contributed by atoms with Gasteiger partial charge in [-0.1, -0.05) is 60.7 Å². The lowest BCUT2D eigenvalue weighted by atomic mass is 10.0. The van der Waals surface area contributed by atoms with Crippen LogP contribution in [-0.2, 0) is 17.8 Å². The van der Waals surface area contributed by atoms with Gasteiger partial charge in [-0.15, -0.1) is 0 Å². The maximum absolute atomic E-state index is 13.3. The van der Waals surface area contributed by atoms with E-state index in [-0.39, 0.29) is 5.91 Å². The molecule has 3 aromatic rings. The fourth-order valence-corrected chi connectivity index (χ4v) is 4.06. The molecule has 2 aliphatic rings. The summed E-state index contributed by atoms with van der Waals surface area (Å²) < 4.78 is 5.49. The van der Waals surface area contributed by atoms with Gasteiger partial charge >= 0.3 is 0 Å². The Labute approximate surface area is 170 Å². The average Bonchev–Trinajstić information content (AvgIpc) is 3.10. The predicted molar refractivity (Wildman–Crippen MR) is 113 cm³/mol. The van der Waals surface area contributed by atoms with Crippen molar-refractivity contribution in [2.45, 2.75) is 13.1 Å². The maximum atomic E-state index is 13.3. The summed E-state index contributed by atoms with van der Waals surface area (Å²) in [5.41, 5.74) is 4.89. The number of fused-ring (bicyclic) bond motifs is 1. The molecule has 0 radical (unpaired) electrons. The van der Waals surface area contributed by atoms with Crippen LogP contribution in [0.1, 0.15) is 21.5 Å². The van der Waals surface area contributed by atoms with Crippen molar-refractivity contribution >= 4 is 11.7 Å². The number of pyridine rings is 1. The molecule has 2 aliphatic heterocycles. The van der Waals surface area contributed by atoms with Crippen molar-refractivity contribution in [1.29, 1.82) is 0 Å². The Hall–Kier alpha value is -3.18. The number of hydrogen-bond acceptors (Lipinski definition) is 4. The van der Waals surface area contributed by atoms with Crippen LogP contribution in [-0.4, -0.2) is 42.1 Å². The zero-order valence-corrected chi connectivity index (χ0v) is 16.3. The number of rotatable bonds is 4. The molecule has 5 nitrogen and oxygen atoms in total. The number of benzene rings is 2. The van der Waals surface area contributed by atoms with Gasteiger partial charge in [0, 0.05) is 37.3 Å². The molecule has 0 unspecified atom stereocenters. The van der Waals surface area contributed by atoms with Gasteiger partial charge < -0.3 is 14.5 Å². The lowest BCUT2D eigenvalue weighted by Gasteiger charge is -2.28. The molecule has 2 aromatic carbocycles. The molecular weight excluding hydrogens is 362 g/mol. The number of anilines is 1. The van der Waals surface area contributed by atoms with Crippen LogP contribution in [0, 0.1) is 0 Å². The second kappa shape index (κ2) is 7.68. The Balaban J connectivity index is 1.55. The average molecular weight is 385 g/mol. The molecule has 29 heavy (non-hydrogen) atoms. The van der Waals surface area contributed by atoms with Gasteiger partial charge in [0.1, 0.15) is 5.82 Å². The van der Waals surface area contributed by atoms with Crippen LogP contribution in [0.5, 0.6) is 0 Å². The van der Waals surface area contributed by atoms with E-state index in [1.165, 1.54) is 0 Å². The smallest absolute Gasteiger partial charge is 0.255 e. The number of nitrogens with zero attached hydrogens (tertiary/aromatic N) is 3. The summed E-state index contributed by atoms with van der Waals surface area (Å²) in [6.07, 6.45) is 0. The molecule has 1 amide bonds. The molecule has 0 saturated carbocycles. The van der Waals surface area contributed by atoms with Gasteiger partial charge in [-0.2, -0.15) is 0 Å². The van der Waals surface area contributed by atoms with Crippen LogP contribution in [0.2, 0.25) is 0 Å². The first-order valence-electron chi connectivity index (χ1n) is 10.0. The Morgan fingerprint density at radius 1 is 0.931 bits per heavy atom. The largest absolute Gasteiger partial charge is 0.378 e. The van der Waals surface area contributed by atoms with Crippen molar-refractivity contribution in [3.8, 4) is 11.3 Å². The highest BCUT2D eigenvalue weighted by Gasteiger charge is 2.32. The third kappa shape index (κ3) is 3.49. The molecular formula is C24H23N3O2. The summed E-state index contributed by atoms with van der Waals surface area (Å²) in [7, 11) is 0. The van der Waals surface area contributed by atoms with E-state index >= 15 is 0 Å². The predicted octanol–water partition coefficient (Wildman–Crippen LogP) is 3.74. The first-order chi connectivity index (χ1) is 14.3. The molecule has 5 heteroatoms. The molecule has 0 atom stereocenters. The van der Waals surface area contributed by atoms with Gasteiger partial charge in [0.25, 0.3) is 5.91 Å². The van der Waals surface area contributed by atoms with Crippen LogP contribution in [0.3, 0.4) is 0 Å². The van der Waals surface area contributed by atoms with Crippen LogP contribution < -0.4 is 4.90 Å². The van der Waals surface area contributed by atoms with Crippen LogP contribution in [0.15, 0.2) is 66.7 Å². The normalized spacial score (nSPS) is 16.2. The van der Waals surface area contributed by atoms with Crippen molar-refractivity contribution in [2.75, 3.05) is 31.2 Å². The Morgan fingerprint density at radius 3 is 2.34 bits per heavy atom. The van der Waals surface area contributed by atoms with E-state index in [1.807, 2.05) is 47.4 Å². The van der Waals surface area contributed by atoms with E-state index in [2.05, 4.69) is 29.2 Å². The number of aromatic nitrogens is 1. The molecule has 1 saturated heterocycles. The van der Waals surface area contributed by atoms with E-state index in [1.54, 1.807) is 0 Å². The highest BCUT2D eigenvalue weighted by Crippen LogP contribution is 2.35. The number of ether oxygens (including phenoxy) is 1. The van der Waals surface area contributed by atoms with E-state index in [9.17, 15) is 4.79 Å². The lowest BCUT2D eigenvalue weighted by molar-refractivity contribution is 0.0767. The second-order valence-corrected chi connectivity index (χ2v) is 7.47. The van der Waals surface area contributed by atoms with Gasteiger partial charge in [-0.05, 0) is 11.6 Å².